The molecule has 0 radical (unpaired) electrons. The van der Waals surface area contributed by atoms with E-state index < -0.39 is 5.60 Å². The van der Waals surface area contributed by atoms with Crippen molar-refractivity contribution in [2.75, 3.05) is 6.54 Å². The molecule has 24 heavy (non-hydrogen) atoms. The molecule has 0 unspecified atom stereocenters. The van der Waals surface area contributed by atoms with E-state index in [9.17, 15) is 4.79 Å². The monoisotopic (exact) mass is 349 g/mol. The van der Waals surface area contributed by atoms with Gasteiger partial charge in [0.25, 0.3) is 0 Å². The van der Waals surface area contributed by atoms with Crippen LogP contribution in [-0.4, -0.2) is 43.3 Å². The highest BCUT2D eigenvalue weighted by Crippen LogP contribution is 2.31. The van der Waals surface area contributed by atoms with Gasteiger partial charge in [-0.1, -0.05) is 17.7 Å². The van der Waals surface area contributed by atoms with Crippen LogP contribution in [0.4, 0.5) is 4.79 Å². The maximum absolute atomic E-state index is 12.4. The fourth-order valence-corrected chi connectivity index (χ4v) is 2.83. The molecule has 0 bridgehead atoms. The summed E-state index contributed by atoms with van der Waals surface area (Å²) >= 11 is 6.00. The van der Waals surface area contributed by atoms with Crippen molar-refractivity contribution in [3.8, 4) is 5.69 Å². The maximum Gasteiger partial charge on any atom is 0.410 e. The highest BCUT2D eigenvalue weighted by atomic mass is 35.5. The van der Waals surface area contributed by atoms with Crippen molar-refractivity contribution in [1.29, 1.82) is 0 Å². The zero-order chi connectivity index (χ0) is 17.3. The molecule has 2 aromatic rings. The van der Waals surface area contributed by atoms with Crippen LogP contribution in [0.3, 0.4) is 0 Å². The molecule has 0 spiro atoms. The summed E-state index contributed by atoms with van der Waals surface area (Å²) in [4.78, 5) is 15.5. The smallest absolute Gasteiger partial charge is 0.410 e. The van der Waals surface area contributed by atoms with Gasteiger partial charge in [-0.15, -0.1) is 15.0 Å². The van der Waals surface area contributed by atoms with Crippen molar-refractivity contribution < 1.29 is 9.53 Å². The number of hydrogen-bond acceptors (Lipinski definition) is 5. The summed E-state index contributed by atoms with van der Waals surface area (Å²) in [5.74, 6) is 0.512. The molecule has 7 nitrogen and oxygen atoms in total. The second kappa shape index (κ2) is 6.39. The molecule has 0 N–H and O–H groups in total. The number of nitrogens with zero attached hydrogens (tertiary/aromatic N) is 5. The van der Waals surface area contributed by atoms with Gasteiger partial charge >= 0.3 is 6.09 Å². The number of ether oxygens (including phenoxy) is 1. The molecule has 2 heterocycles. The number of halogens is 1. The Morgan fingerprint density at radius 2 is 2.17 bits per heavy atom. The van der Waals surface area contributed by atoms with E-state index in [-0.39, 0.29) is 12.1 Å². The SMILES string of the molecule is CC(C)(C)OC(=O)N1CCC[C@@H]1c1nnn(-c2cccc(Cl)c2)n1. The summed E-state index contributed by atoms with van der Waals surface area (Å²) in [7, 11) is 0. The average molecular weight is 350 g/mol. The lowest BCUT2D eigenvalue weighted by Gasteiger charge is -2.27. The minimum Gasteiger partial charge on any atom is -0.444 e. The number of carbonyl (C=O) groups is 1. The summed E-state index contributed by atoms with van der Waals surface area (Å²) in [6, 6.07) is 6.99. The van der Waals surface area contributed by atoms with Crippen LogP contribution in [-0.2, 0) is 4.74 Å². The molecular formula is C16H20ClN5O2. The maximum atomic E-state index is 12.4. The van der Waals surface area contributed by atoms with Gasteiger partial charge in [-0.05, 0) is 57.0 Å². The van der Waals surface area contributed by atoms with E-state index in [1.54, 1.807) is 17.0 Å². The lowest BCUT2D eigenvalue weighted by atomic mass is 10.2. The number of carbonyl (C=O) groups excluding carboxylic acids is 1. The van der Waals surface area contributed by atoms with E-state index in [2.05, 4.69) is 15.4 Å². The van der Waals surface area contributed by atoms with Gasteiger partial charge in [-0.2, -0.15) is 0 Å². The zero-order valence-electron chi connectivity index (χ0n) is 13.9. The Balaban J connectivity index is 1.80. The van der Waals surface area contributed by atoms with Gasteiger partial charge in [0.2, 0.25) is 0 Å². The van der Waals surface area contributed by atoms with Gasteiger partial charge in [-0.25, -0.2) is 4.79 Å². The third-order valence-electron chi connectivity index (χ3n) is 3.65. The number of aromatic nitrogens is 4. The van der Waals surface area contributed by atoms with Crippen molar-refractivity contribution >= 4 is 17.7 Å². The number of amides is 1. The number of likely N-dealkylation sites (tertiary alicyclic amines) is 1. The lowest BCUT2D eigenvalue weighted by Crippen LogP contribution is -2.36. The van der Waals surface area contributed by atoms with Crippen LogP contribution in [0.2, 0.25) is 5.02 Å². The molecule has 0 aliphatic carbocycles. The largest absolute Gasteiger partial charge is 0.444 e. The quantitative estimate of drug-likeness (QED) is 0.830. The van der Waals surface area contributed by atoms with E-state index in [0.717, 1.165) is 18.5 Å². The van der Waals surface area contributed by atoms with Gasteiger partial charge in [0, 0.05) is 11.6 Å². The number of hydrogen-bond donors (Lipinski definition) is 0. The normalized spacial score (nSPS) is 18.0. The molecule has 1 atom stereocenters. The first kappa shape index (κ1) is 16.7. The van der Waals surface area contributed by atoms with E-state index in [1.165, 1.54) is 4.80 Å². The van der Waals surface area contributed by atoms with Crippen molar-refractivity contribution in [2.45, 2.75) is 45.3 Å². The van der Waals surface area contributed by atoms with Crippen molar-refractivity contribution in [3.05, 3.63) is 35.1 Å². The summed E-state index contributed by atoms with van der Waals surface area (Å²) in [6.45, 7) is 6.18. The van der Waals surface area contributed by atoms with Crippen LogP contribution in [0.1, 0.15) is 45.5 Å². The predicted octanol–water partition coefficient (Wildman–Crippen LogP) is 3.39. The summed E-state index contributed by atoms with van der Waals surface area (Å²) in [6.07, 6.45) is 1.33. The first-order valence-corrected chi connectivity index (χ1v) is 8.27. The standard InChI is InChI=1S/C16H20ClN5O2/c1-16(2,3)24-15(23)21-9-5-8-13(21)14-18-20-22(19-14)12-7-4-6-11(17)10-12/h4,6-7,10,13H,5,8-9H2,1-3H3/t13-/m1/s1. The molecule has 128 valence electrons. The van der Waals surface area contributed by atoms with E-state index in [0.29, 0.717) is 17.4 Å². The summed E-state index contributed by atoms with van der Waals surface area (Å²) in [5, 5.41) is 13.2. The van der Waals surface area contributed by atoms with E-state index >= 15 is 0 Å². The van der Waals surface area contributed by atoms with Gasteiger partial charge < -0.3 is 4.74 Å². The van der Waals surface area contributed by atoms with Crippen LogP contribution in [0, 0.1) is 0 Å². The molecule has 1 saturated heterocycles. The highest BCUT2D eigenvalue weighted by molar-refractivity contribution is 6.30. The van der Waals surface area contributed by atoms with Crippen LogP contribution >= 0.6 is 11.6 Å². The topological polar surface area (TPSA) is 73.1 Å². The van der Waals surface area contributed by atoms with Crippen LogP contribution in [0.5, 0.6) is 0 Å². The van der Waals surface area contributed by atoms with Crippen LogP contribution in [0.25, 0.3) is 5.69 Å². The lowest BCUT2D eigenvalue weighted by molar-refractivity contribution is 0.0218. The molecular weight excluding hydrogens is 330 g/mol. The second-order valence-corrected chi connectivity index (χ2v) is 7.19. The minimum atomic E-state index is -0.532. The summed E-state index contributed by atoms with van der Waals surface area (Å²) < 4.78 is 5.47. The Labute approximate surface area is 145 Å². The molecule has 8 heteroatoms. The first-order valence-electron chi connectivity index (χ1n) is 7.89. The Morgan fingerprint density at radius 1 is 1.38 bits per heavy atom. The second-order valence-electron chi connectivity index (χ2n) is 6.75. The minimum absolute atomic E-state index is 0.215. The Bertz CT molecular complexity index is 740. The van der Waals surface area contributed by atoms with Crippen LogP contribution < -0.4 is 0 Å². The zero-order valence-corrected chi connectivity index (χ0v) is 14.7. The third kappa shape index (κ3) is 3.67. The van der Waals surface area contributed by atoms with E-state index in [1.807, 2.05) is 32.9 Å². The Kier molecular flexibility index (Phi) is 4.45. The highest BCUT2D eigenvalue weighted by Gasteiger charge is 2.35. The molecule has 0 saturated carbocycles. The summed E-state index contributed by atoms with van der Waals surface area (Å²) in [5.41, 5.74) is 0.193. The predicted molar refractivity (Wildman–Crippen MR) is 89.1 cm³/mol. The fraction of sp³-hybridized carbons (Fsp3) is 0.500. The Morgan fingerprint density at radius 3 is 2.88 bits per heavy atom. The number of benzene rings is 1. The van der Waals surface area contributed by atoms with E-state index in [4.69, 9.17) is 16.3 Å². The Hall–Kier alpha value is -2.15. The molecule has 1 aromatic heterocycles. The van der Waals surface area contributed by atoms with Crippen molar-refractivity contribution in [3.63, 3.8) is 0 Å². The molecule has 1 aliphatic heterocycles. The fourth-order valence-electron chi connectivity index (χ4n) is 2.64. The molecule has 1 aliphatic rings. The van der Waals surface area contributed by atoms with Gasteiger partial charge in [-0.3, -0.25) is 4.90 Å². The average Bonchev–Trinajstić information content (AvgIpc) is 3.14. The van der Waals surface area contributed by atoms with Crippen molar-refractivity contribution in [2.24, 2.45) is 0 Å². The van der Waals surface area contributed by atoms with Gasteiger partial charge in [0.05, 0.1) is 11.7 Å². The molecule has 1 amide bonds. The third-order valence-corrected chi connectivity index (χ3v) is 3.88. The number of rotatable bonds is 2. The van der Waals surface area contributed by atoms with Crippen molar-refractivity contribution in [1.82, 2.24) is 25.1 Å². The molecule has 1 aromatic carbocycles. The van der Waals surface area contributed by atoms with Gasteiger partial charge in [0.1, 0.15) is 5.60 Å². The molecule has 3 rings (SSSR count). The first-order chi connectivity index (χ1) is 11.3. The van der Waals surface area contributed by atoms with Crippen LogP contribution in [0.15, 0.2) is 24.3 Å². The number of tetrazole rings is 1. The van der Waals surface area contributed by atoms with Gasteiger partial charge in [0.15, 0.2) is 5.82 Å². The molecule has 1 fully saturated rings.